The molecular formula is C19H14F3NO4. The van der Waals surface area contributed by atoms with Crippen molar-refractivity contribution in [2.45, 2.75) is 19.5 Å². The van der Waals surface area contributed by atoms with Gasteiger partial charge in [0, 0.05) is 17.1 Å². The van der Waals surface area contributed by atoms with Gasteiger partial charge in [-0.3, -0.25) is 4.79 Å². The van der Waals surface area contributed by atoms with E-state index in [2.05, 4.69) is 5.32 Å². The molecule has 2 N–H and O–H groups in total. The van der Waals surface area contributed by atoms with Gasteiger partial charge in [-0.25, -0.2) is 4.79 Å². The van der Waals surface area contributed by atoms with E-state index < -0.39 is 23.3 Å². The lowest BCUT2D eigenvalue weighted by atomic mass is 10.0. The number of hydrogen-bond acceptors (Lipinski definition) is 4. The minimum atomic E-state index is -4.46. The van der Waals surface area contributed by atoms with Gasteiger partial charge in [0.25, 0.3) is 0 Å². The molecule has 0 aliphatic heterocycles. The maximum absolute atomic E-state index is 12.6. The van der Waals surface area contributed by atoms with E-state index in [1.807, 2.05) is 0 Å². The molecule has 1 heterocycles. The molecule has 0 bridgehead atoms. The van der Waals surface area contributed by atoms with Crippen molar-refractivity contribution in [2.75, 3.05) is 5.32 Å². The summed E-state index contributed by atoms with van der Waals surface area (Å²) in [5, 5.41) is 12.5. The molecule has 27 heavy (non-hydrogen) atoms. The molecule has 0 saturated heterocycles. The molecule has 0 saturated carbocycles. The number of benzene rings is 2. The van der Waals surface area contributed by atoms with E-state index in [4.69, 9.17) is 4.42 Å². The number of rotatable bonds is 3. The Morgan fingerprint density at radius 3 is 2.44 bits per heavy atom. The van der Waals surface area contributed by atoms with Crippen LogP contribution >= 0.6 is 0 Å². The van der Waals surface area contributed by atoms with Crippen molar-refractivity contribution in [1.29, 1.82) is 0 Å². The maximum Gasteiger partial charge on any atom is 0.416 e. The highest BCUT2D eigenvalue weighted by atomic mass is 19.4. The summed E-state index contributed by atoms with van der Waals surface area (Å²) in [5.41, 5.74) is -0.491. The standard InChI is InChI=1S/C19H14F3NO4/c1-10-14-7-6-13(24)8-16(14)27-18(26)15(10)9-17(25)23-12-4-2-11(3-5-12)19(20,21)22/h2-8,24H,9H2,1H3,(H,23,25). The van der Waals surface area contributed by atoms with Crippen LogP contribution in [0.15, 0.2) is 51.7 Å². The number of phenols is 1. The molecule has 3 rings (SSSR count). The van der Waals surface area contributed by atoms with Gasteiger partial charge in [-0.2, -0.15) is 13.2 Å². The van der Waals surface area contributed by atoms with Crippen LogP contribution in [0, 0.1) is 6.92 Å². The summed E-state index contributed by atoms with van der Waals surface area (Å²) in [6.07, 6.45) is -4.76. The molecule has 0 unspecified atom stereocenters. The Morgan fingerprint density at radius 1 is 1.15 bits per heavy atom. The van der Waals surface area contributed by atoms with E-state index in [1.165, 1.54) is 12.1 Å². The van der Waals surface area contributed by atoms with E-state index in [9.17, 15) is 27.9 Å². The summed E-state index contributed by atoms with van der Waals surface area (Å²) < 4.78 is 42.8. The fraction of sp³-hybridized carbons (Fsp3) is 0.158. The first-order chi connectivity index (χ1) is 12.6. The summed E-state index contributed by atoms with van der Waals surface area (Å²) in [6, 6.07) is 8.30. The minimum Gasteiger partial charge on any atom is -0.508 e. The van der Waals surface area contributed by atoms with E-state index in [-0.39, 0.29) is 29.0 Å². The topological polar surface area (TPSA) is 79.5 Å². The number of phenolic OH excluding ortho intramolecular Hbond substituents is 1. The van der Waals surface area contributed by atoms with Crippen molar-refractivity contribution in [3.8, 4) is 5.75 Å². The number of alkyl halides is 3. The summed E-state index contributed by atoms with van der Waals surface area (Å²) in [5.74, 6) is -0.624. The van der Waals surface area contributed by atoms with Crippen LogP contribution in [0.25, 0.3) is 11.0 Å². The van der Waals surface area contributed by atoms with Crippen molar-refractivity contribution < 1.29 is 27.5 Å². The van der Waals surface area contributed by atoms with Gasteiger partial charge >= 0.3 is 11.8 Å². The Bertz CT molecular complexity index is 1070. The molecule has 0 radical (unpaired) electrons. The second kappa shape index (κ2) is 6.79. The molecule has 0 aliphatic rings. The second-order valence-corrected chi connectivity index (χ2v) is 5.97. The van der Waals surface area contributed by atoms with E-state index in [1.54, 1.807) is 13.0 Å². The minimum absolute atomic E-state index is 0.0575. The van der Waals surface area contributed by atoms with Crippen molar-refractivity contribution in [2.24, 2.45) is 0 Å². The van der Waals surface area contributed by atoms with Crippen LogP contribution in [0.3, 0.4) is 0 Å². The lowest BCUT2D eigenvalue weighted by Gasteiger charge is -2.10. The van der Waals surface area contributed by atoms with Crippen LogP contribution in [0.2, 0.25) is 0 Å². The van der Waals surface area contributed by atoms with Gasteiger partial charge in [0.2, 0.25) is 5.91 Å². The largest absolute Gasteiger partial charge is 0.508 e. The molecule has 2 aromatic carbocycles. The van der Waals surface area contributed by atoms with Gasteiger partial charge < -0.3 is 14.8 Å². The van der Waals surface area contributed by atoms with Crippen LogP contribution in [0.1, 0.15) is 16.7 Å². The Morgan fingerprint density at radius 2 is 1.81 bits per heavy atom. The summed E-state index contributed by atoms with van der Waals surface area (Å²) >= 11 is 0. The molecule has 0 spiro atoms. The highest BCUT2D eigenvalue weighted by molar-refractivity contribution is 5.93. The molecule has 3 aromatic rings. The fourth-order valence-corrected chi connectivity index (χ4v) is 2.70. The van der Waals surface area contributed by atoms with E-state index >= 15 is 0 Å². The zero-order valence-corrected chi connectivity index (χ0v) is 14.1. The van der Waals surface area contributed by atoms with Gasteiger partial charge in [-0.15, -0.1) is 0 Å². The number of halogens is 3. The zero-order valence-electron chi connectivity index (χ0n) is 14.1. The van der Waals surface area contributed by atoms with Crippen LogP contribution in [0.4, 0.5) is 18.9 Å². The van der Waals surface area contributed by atoms with Crippen molar-refractivity contribution in [3.63, 3.8) is 0 Å². The van der Waals surface area contributed by atoms with Gasteiger partial charge in [0.15, 0.2) is 0 Å². The SMILES string of the molecule is Cc1c(CC(=O)Nc2ccc(C(F)(F)F)cc2)c(=O)oc2cc(O)ccc12. The summed E-state index contributed by atoms with van der Waals surface area (Å²) in [4.78, 5) is 24.4. The molecule has 0 aliphatic carbocycles. The number of fused-ring (bicyclic) bond motifs is 1. The molecular weight excluding hydrogens is 363 g/mol. The fourth-order valence-electron chi connectivity index (χ4n) is 2.70. The third-order valence-electron chi connectivity index (χ3n) is 4.10. The number of hydrogen-bond donors (Lipinski definition) is 2. The average molecular weight is 377 g/mol. The third kappa shape index (κ3) is 3.94. The maximum atomic E-state index is 12.6. The van der Waals surface area contributed by atoms with Crippen molar-refractivity contribution in [1.82, 2.24) is 0 Å². The monoisotopic (exact) mass is 377 g/mol. The third-order valence-corrected chi connectivity index (χ3v) is 4.10. The smallest absolute Gasteiger partial charge is 0.416 e. The molecule has 0 fully saturated rings. The molecule has 0 atom stereocenters. The first kappa shape index (κ1) is 18.5. The lowest BCUT2D eigenvalue weighted by molar-refractivity contribution is -0.137. The predicted octanol–water partition coefficient (Wildman–Crippen LogP) is 4.01. The average Bonchev–Trinajstić information content (AvgIpc) is 2.58. The Kier molecular flexibility index (Phi) is 4.65. The van der Waals surface area contributed by atoms with E-state index in [0.29, 0.717) is 10.9 Å². The highest BCUT2D eigenvalue weighted by Crippen LogP contribution is 2.30. The molecule has 1 amide bonds. The van der Waals surface area contributed by atoms with Gasteiger partial charge in [0.1, 0.15) is 11.3 Å². The molecule has 5 nitrogen and oxygen atoms in total. The number of amides is 1. The number of aromatic hydroxyl groups is 1. The normalized spacial score (nSPS) is 11.6. The van der Waals surface area contributed by atoms with Crippen LogP contribution in [0.5, 0.6) is 5.75 Å². The molecule has 140 valence electrons. The van der Waals surface area contributed by atoms with Crippen molar-refractivity contribution >= 4 is 22.6 Å². The Hall–Kier alpha value is -3.29. The first-order valence-corrected chi connectivity index (χ1v) is 7.87. The number of anilines is 1. The lowest BCUT2D eigenvalue weighted by Crippen LogP contribution is -2.20. The predicted molar refractivity (Wildman–Crippen MR) is 92.7 cm³/mol. The number of aryl methyl sites for hydroxylation is 1. The Labute approximate surface area is 151 Å². The van der Waals surface area contributed by atoms with Crippen LogP contribution in [-0.2, 0) is 17.4 Å². The van der Waals surface area contributed by atoms with Crippen molar-refractivity contribution in [3.05, 3.63) is 69.6 Å². The molecule has 8 heteroatoms. The van der Waals surface area contributed by atoms with E-state index in [0.717, 1.165) is 24.3 Å². The number of carbonyl (C=O) groups is 1. The van der Waals surface area contributed by atoms with Gasteiger partial charge in [-0.05, 0) is 48.9 Å². The van der Waals surface area contributed by atoms with Crippen LogP contribution < -0.4 is 10.9 Å². The van der Waals surface area contributed by atoms with Crippen LogP contribution in [-0.4, -0.2) is 11.0 Å². The number of nitrogens with one attached hydrogen (secondary N) is 1. The summed E-state index contributed by atoms with van der Waals surface area (Å²) in [6.45, 7) is 1.65. The number of carbonyl (C=O) groups excluding carboxylic acids is 1. The zero-order chi connectivity index (χ0) is 19.8. The quantitative estimate of drug-likeness (QED) is 0.676. The second-order valence-electron chi connectivity index (χ2n) is 5.97. The summed E-state index contributed by atoms with van der Waals surface area (Å²) in [7, 11) is 0. The van der Waals surface area contributed by atoms with Gasteiger partial charge in [-0.1, -0.05) is 0 Å². The highest BCUT2D eigenvalue weighted by Gasteiger charge is 2.30. The van der Waals surface area contributed by atoms with Gasteiger partial charge in [0.05, 0.1) is 17.5 Å². The molecule has 1 aromatic heterocycles. The first-order valence-electron chi connectivity index (χ1n) is 7.87. The Balaban J connectivity index is 1.82.